The third-order valence-electron chi connectivity index (χ3n) is 7.45. The molecular weight excluding hydrogens is 542 g/mol. The second kappa shape index (κ2) is 11.7. The standard InChI is InChI=1S/C33H31N7O3/c1-39-19-25(18-37-39)24-16-30(31(35)36-17-24)32(41)38-27-14-15-40(20-27)33(42)23-4-2-21(3-5-23)22-6-10-28(11-7-22)43-29-12-8-26(34)9-13-29/h2-13,16-19,27H,14-15,20,34H2,1H3,(H2,35,36)(H,38,41)/t27-/m1/s1. The lowest BCUT2D eigenvalue weighted by molar-refractivity contribution is 0.0783. The molecule has 1 fully saturated rings. The molecule has 6 rings (SSSR count). The van der Waals surface area contributed by atoms with Crippen molar-refractivity contribution in [1.82, 2.24) is 25.0 Å². The van der Waals surface area contributed by atoms with Crippen LogP contribution in [0.5, 0.6) is 11.5 Å². The number of carbonyl (C=O) groups excluding carboxylic acids is 2. The molecule has 0 radical (unpaired) electrons. The lowest BCUT2D eigenvalue weighted by Crippen LogP contribution is -2.38. The fourth-order valence-corrected chi connectivity index (χ4v) is 5.09. The summed E-state index contributed by atoms with van der Waals surface area (Å²) in [5.74, 6) is 1.19. The zero-order valence-electron chi connectivity index (χ0n) is 23.6. The Kier molecular flexibility index (Phi) is 7.48. The van der Waals surface area contributed by atoms with E-state index in [1.54, 1.807) is 40.2 Å². The second-order valence-corrected chi connectivity index (χ2v) is 10.5. The van der Waals surface area contributed by atoms with Gasteiger partial charge in [-0.25, -0.2) is 4.98 Å². The summed E-state index contributed by atoms with van der Waals surface area (Å²) in [5.41, 5.74) is 16.9. The Morgan fingerprint density at radius 2 is 1.51 bits per heavy atom. The van der Waals surface area contributed by atoms with Gasteiger partial charge in [0.1, 0.15) is 17.3 Å². The SMILES string of the molecule is Cn1cc(-c2cnc(N)c(C(=O)N[C@@H]3CCN(C(=O)c4ccc(-c5ccc(Oc6ccc(N)cc6)cc5)cc4)C3)c2)cn1. The van der Waals surface area contributed by atoms with E-state index in [-0.39, 0.29) is 23.7 Å². The maximum Gasteiger partial charge on any atom is 0.255 e. The van der Waals surface area contributed by atoms with E-state index in [0.717, 1.165) is 28.0 Å². The third kappa shape index (κ3) is 6.18. The number of amides is 2. The molecule has 43 heavy (non-hydrogen) atoms. The zero-order chi connectivity index (χ0) is 29.9. The van der Waals surface area contributed by atoms with Crippen molar-refractivity contribution in [3.8, 4) is 33.8 Å². The summed E-state index contributed by atoms with van der Waals surface area (Å²) in [6.45, 7) is 0.960. The van der Waals surface area contributed by atoms with Gasteiger partial charge >= 0.3 is 0 Å². The lowest BCUT2D eigenvalue weighted by Gasteiger charge is -2.18. The van der Waals surface area contributed by atoms with Crippen LogP contribution < -0.4 is 21.5 Å². The molecule has 5 aromatic rings. The van der Waals surface area contributed by atoms with Gasteiger partial charge in [-0.2, -0.15) is 5.10 Å². The molecule has 0 aliphatic carbocycles. The number of likely N-dealkylation sites (tertiary alicyclic amines) is 1. The molecule has 1 aliphatic rings. The highest BCUT2D eigenvalue weighted by molar-refractivity contribution is 6.00. The minimum Gasteiger partial charge on any atom is -0.457 e. The summed E-state index contributed by atoms with van der Waals surface area (Å²) in [5, 5.41) is 7.19. The number of anilines is 2. The number of hydrogen-bond acceptors (Lipinski definition) is 7. The fraction of sp³-hybridized carbons (Fsp3) is 0.152. The largest absolute Gasteiger partial charge is 0.457 e. The summed E-state index contributed by atoms with van der Waals surface area (Å²) in [6, 6.07) is 24.1. The summed E-state index contributed by atoms with van der Waals surface area (Å²) < 4.78 is 7.56. The van der Waals surface area contributed by atoms with Crippen LogP contribution in [0.3, 0.4) is 0 Å². The highest BCUT2D eigenvalue weighted by Gasteiger charge is 2.29. The van der Waals surface area contributed by atoms with Gasteiger partial charge in [-0.15, -0.1) is 0 Å². The number of benzene rings is 3. The predicted octanol–water partition coefficient (Wildman–Crippen LogP) is 4.75. The van der Waals surface area contributed by atoms with Crippen LogP contribution in [-0.4, -0.2) is 50.6 Å². The molecule has 10 heteroatoms. The number of nitrogens with one attached hydrogen (secondary N) is 1. The van der Waals surface area contributed by atoms with Crippen LogP contribution in [0.1, 0.15) is 27.1 Å². The Hall–Kier alpha value is -5.64. The average molecular weight is 574 g/mol. The quantitative estimate of drug-likeness (QED) is 0.239. The van der Waals surface area contributed by atoms with E-state index in [2.05, 4.69) is 15.4 Å². The number of nitrogens with two attached hydrogens (primary N) is 2. The van der Waals surface area contributed by atoms with Crippen molar-refractivity contribution < 1.29 is 14.3 Å². The summed E-state index contributed by atoms with van der Waals surface area (Å²) in [7, 11) is 1.82. The number of rotatable bonds is 7. The minimum absolute atomic E-state index is 0.0738. The molecule has 0 saturated carbocycles. The molecule has 3 aromatic carbocycles. The molecule has 1 saturated heterocycles. The highest BCUT2D eigenvalue weighted by Crippen LogP contribution is 2.27. The van der Waals surface area contributed by atoms with Crippen LogP contribution in [-0.2, 0) is 7.05 Å². The maximum atomic E-state index is 13.2. The Bertz CT molecular complexity index is 1760. The maximum absolute atomic E-state index is 13.2. The molecule has 0 unspecified atom stereocenters. The van der Waals surface area contributed by atoms with Gasteiger partial charge in [0.2, 0.25) is 0 Å². The molecule has 10 nitrogen and oxygen atoms in total. The first-order valence-electron chi connectivity index (χ1n) is 13.9. The van der Waals surface area contributed by atoms with E-state index < -0.39 is 0 Å². The van der Waals surface area contributed by atoms with Crippen molar-refractivity contribution >= 4 is 23.3 Å². The molecular formula is C33H31N7O3. The topological polar surface area (TPSA) is 141 Å². The van der Waals surface area contributed by atoms with E-state index in [0.29, 0.717) is 42.1 Å². The average Bonchev–Trinajstić information content (AvgIpc) is 3.68. The molecule has 1 atom stereocenters. The van der Waals surface area contributed by atoms with Crippen LogP contribution in [0.2, 0.25) is 0 Å². The molecule has 3 heterocycles. The van der Waals surface area contributed by atoms with Gasteiger partial charge in [0, 0.05) is 61.0 Å². The Balaban J connectivity index is 1.05. The van der Waals surface area contributed by atoms with Crippen molar-refractivity contribution in [3.05, 3.63) is 109 Å². The minimum atomic E-state index is -0.315. The van der Waals surface area contributed by atoms with Crippen LogP contribution in [0.4, 0.5) is 11.5 Å². The zero-order valence-corrected chi connectivity index (χ0v) is 23.6. The van der Waals surface area contributed by atoms with Gasteiger partial charge in [0.15, 0.2) is 0 Å². The van der Waals surface area contributed by atoms with Gasteiger partial charge < -0.3 is 26.4 Å². The second-order valence-electron chi connectivity index (χ2n) is 10.5. The van der Waals surface area contributed by atoms with Crippen LogP contribution in [0.25, 0.3) is 22.3 Å². The number of nitrogen functional groups attached to an aromatic ring is 2. The van der Waals surface area contributed by atoms with Gasteiger partial charge in [-0.1, -0.05) is 24.3 Å². The van der Waals surface area contributed by atoms with Crippen molar-refractivity contribution in [1.29, 1.82) is 0 Å². The number of nitrogens with zero attached hydrogens (tertiary/aromatic N) is 4. The number of pyridine rings is 1. The Morgan fingerprint density at radius 3 is 2.16 bits per heavy atom. The Morgan fingerprint density at radius 1 is 0.860 bits per heavy atom. The summed E-state index contributed by atoms with van der Waals surface area (Å²) in [4.78, 5) is 32.3. The number of aryl methyl sites for hydroxylation is 1. The molecule has 0 spiro atoms. The first-order valence-corrected chi connectivity index (χ1v) is 13.9. The number of aromatic nitrogens is 3. The molecule has 5 N–H and O–H groups in total. The van der Waals surface area contributed by atoms with Gasteiger partial charge in [-0.3, -0.25) is 14.3 Å². The van der Waals surface area contributed by atoms with Gasteiger partial charge in [-0.05, 0) is 72.1 Å². The summed E-state index contributed by atoms with van der Waals surface area (Å²) in [6.07, 6.45) is 5.82. The number of hydrogen-bond donors (Lipinski definition) is 3. The van der Waals surface area contributed by atoms with Crippen molar-refractivity contribution in [3.63, 3.8) is 0 Å². The Labute approximate surface area is 248 Å². The van der Waals surface area contributed by atoms with Crippen molar-refractivity contribution in [2.24, 2.45) is 7.05 Å². The smallest absolute Gasteiger partial charge is 0.255 e. The lowest BCUT2D eigenvalue weighted by atomic mass is 10.0. The van der Waals surface area contributed by atoms with E-state index in [1.807, 2.05) is 73.9 Å². The van der Waals surface area contributed by atoms with Gasteiger partial charge in [0.05, 0.1) is 11.8 Å². The predicted molar refractivity (Wildman–Crippen MR) is 165 cm³/mol. The van der Waals surface area contributed by atoms with E-state index in [9.17, 15) is 9.59 Å². The molecule has 1 aliphatic heterocycles. The molecule has 2 aromatic heterocycles. The van der Waals surface area contributed by atoms with Crippen LogP contribution in [0, 0.1) is 0 Å². The number of ether oxygens (including phenoxy) is 1. The summed E-state index contributed by atoms with van der Waals surface area (Å²) >= 11 is 0. The fourth-order valence-electron chi connectivity index (χ4n) is 5.09. The third-order valence-corrected chi connectivity index (χ3v) is 7.45. The normalized spacial score (nSPS) is 14.4. The first kappa shape index (κ1) is 27.5. The van der Waals surface area contributed by atoms with E-state index in [1.165, 1.54) is 0 Å². The van der Waals surface area contributed by atoms with Crippen molar-refractivity contribution in [2.45, 2.75) is 12.5 Å². The molecule has 2 amide bonds. The number of carbonyl (C=O) groups is 2. The van der Waals surface area contributed by atoms with E-state index in [4.69, 9.17) is 16.2 Å². The van der Waals surface area contributed by atoms with Gasteiger partial charge in [0.25, 0.3) is 11.8 Å². The van der Waals surface area contributed by atoms with Crippen molar-refractivity contribution in [2.75, 3.05) is 24.6 Å². The first-order chi connectivity index (χ1) is 20.8. The van der Waals surface area contributed by atoms with E-state index >= 15 is 0 Å². The van der Waals surface area contributed by atoms with Crippen LogP contribution >= 0.6 is 0 Å². The monoisotopic (exact) mass is 573 g/mol. The van der Waals surface area contributed by atoms with Crippen LogP contribution in [0.15, 0.2) is 97.5 Å². The highest BCUT2D eigenvalue weighted by atomic mass is 16.5. The molecule has 216 valence electrons. The molecule has 0 bridgehead atoms.